The minimum absolute atomic E-state index is 0. The molecule has 1 aromatic carbocycles. The van der Waals surface area contributed by atoms with E-state index in [9.17, 15) is 40.0 Å². The van der Waals surface area contributed by atoms with Gasteiger partial charge in [0.05, 0.1) is 11.6 Å². The third-order valence-electron chi connectivity index (χ3n) is 8.79. The molecule has 2 aromatic rings. The van der Waals surface area contributed by atoms with E-state index in [2.05, 4.69) is 5.32 Å². The number of phenolic OH excluding ortho intramolecular Hbond substituents is 1. The maximum atomic E-state index is 14.1. The summed E-state index contributed by atoms with van der Waals surface area (Å²) in [5.74, 6) is -6.81. The summed E-state index contributed by atoms with van der Waals surface area (Å²) in [6.45, 7) is 0.606. The summed E-state index contributed by atoms with van der Waals surface area (Å²) in [5, 5.41) is 58.5. The molecule has 0 aliphatic heterocycles. The zero-order valence-corrected chi connectivity index (χ0v) is 24.3. The summed E-state index contributed by atoms with van der Waals surface area (Å²) in [6.07, 6.45) is 3.20. The Morgan fingerprint density at radius 1 is 1.11 bits per heavy atom. The Hall–Kier alpha value is -4.46. The molecule has 0 saturated heterocycles. The van der Waals surface area contributed by atoms with E-state index in [1.165, 1.54) is 17.3 Å². The number of nitrogens with one attached hydrogen (secondary N) is 1. The van der Waals surface area contributed by atoms with Crippen molar-refractivity contribution in [2.75, 3.05) is 33.1 Å². The molecule has 13 heteroatoms. The molecule has 4 atom stereocenters. The smallest absolute Gasteiger partial charge is 0.255 e. The van der Waals surface area contributed by atoms with Gasteiger partial charge < -0.3 is 36.4 Å². The Bertz CT molecular complexity index is 1600. The van der Waals surface area contributed by atoms with Gasteiger partial charge in [-0.05, 0) is 50.0 Å². The summed E-state index contributed by atoms with van der Waals surface area (Å²) in [5.41, 5.74) is 4.31. The van der Waals surface area contributed by atoms with Crippen molar-refractivity contribution >= 4 is 28.9 Å². The first kappa shape index (κ1) is 32.5. The van der Waals surface area contributed by atoms with Crippen LogP contribution in [0.15, 0.2) is 47.5 Å². The fourth-order valence-corrected chi connectivity index (χ4v) is 6.79. The van der Waals surface area contributed by atoms with Crippen molar-refractivity contribution < 1.29 is 44.7 Å². The van der Waals surface area contributed by atoms with Crippen LogP contribution in [0.5, 0.6) is 5.75 Å². The number of nitrogens with zero attached hydrogens (tertiary/aromatic N) is 3. The Labute approximate surface area is 255 Å². The average Bonchev–Trinajstić information content (AvgIpc) is 2.92. The van der Waals surface area contributed by atoms with Crippen molar-refractivity contribution in [1.82, 2.24) is 10.2 Å². The number of carbonyl (C=O) groups is 3. The number of fused-ring (bicyclic) bond motifs is 3. The topological polar surface area (TPSA) is 201 Å². The second-order valence-electron chi connectivity index (χ2n) is 11.8. The lowest BCUT2D eigenvalue weighted by atomic mass is 9.57. The lowest BCUT2D eigenvalue weighted by molar-refractivity contribution is -0.904. The maximum absolute atomic E-state index is 14.1. The SMILES string of the molecule is C.CN(C)c1cc(CNCc2cc[n+](O)cc2)c(O)c2c1C[C@H]1C[C@H]3[C@H](N(C)C)C(=O)C(C(N)=O)=C(O)[C@@]3(O)C(=O)C1=C2O. The van der Waals surface area contributed by atoms with Gasteiger partial charge >= 0.3 is 0 Å². The van der Waals surface area contributed by atoms with Gasteiger partial charge in [-0.2, -0.15) is 0 Å². The fraction of sp³-hybridized carbons (Fsp3) is 0.419. The molecule has 1 heterocycles. The summed E-state index contributed by atoms with van der Waals surface area (Å²) < 4.78 is 0.924. The molecule has 0 unspecified atom stereocenters. The molecule has 5 rings (SSSR count). The van der Waals surface area contributed by atoms with E-state index in [4.69, 9.17) is 5.73 Å². The van der Waals surface area contributed by atoms with Crippen LogP contribution in [0.3, 0.4) is 0 Å². The average molecular weight is 611 g/mol. The lowest BCUT2D eigenvalue weighted by Crippen LogP contribution is -2.65. The minimum Gasteiger partial charge on any atom is -0.508 e. The van der Waals surface area contributed by atoms with Gasteiger partial charge in [-0.25, -0.2) is 0 Å². The molecule has 3 aliphatic carbocycles. The van der Waals surface area contributed by atoms with Gasteiger partial charge in [0, 0.05) is 66.8 Å². The Balaban J connectivity index is 0.00000442. The summed E-state index contributed by atoms with van der Waals surface area (Å²) in [6, 6.07) is 4.11. The van der Waals surface area contributed by atoms with E-state index in [1.807, 2.05) is 19.0 Å². The van der Waals surface area contributed by atoms with Crippen molar-refractivity contribution in [2.24, 2.45) is 17.6 Å². The number of amides is 1. The Kier molecular flexibility index (Phi) is 8.53. The number of anilines is 1. The lowest BCUT2D eigenvalue weighted by Gasteiger charge is -2.50. The number of Topliss-reactive ketones (excluding diaryl/α,β-unsaturated/α-hetero) is 2. The van der Waals surface area contributed by atoms with Gasteiger partial charge in [0.25, 0.3) is 5.91 Å². The van der Waals surface area contributed by atoms with Crippen LogP contribution in [0.1, 0.15) is 36.1 Å². The summed E-state index contributed by atoms with van der Waals surface area (Å²) in [7, 11) is 6.75. The molecule has 1 aromatic heterocycles. The van der Waals surface area contributed by atoms with Gasteiger partial charge in [0.1, 0.15) is 22.8 Å². The van der Waals surface area contributed by atoms with Gasteiger partial charge in [0.2, 0.25) is 18.2 Å². The van der Waals surface area contributed by atoms with Crippen LogP contribution in [0.4, 0.5) is 5.69 Å². The van der Waals surface area contributed by atoms with Crippen molar-refractivity contribution in [1.29, 1.82) is 0 Å². The molecule has 0 spiro atoms. The van der Waals surface area contributed by atoms with Gasteiger partial charge in [0.15, 0.2) is 11.4 Å². The number of aromatic hydroxyl groups is 1. The molecule has 1 amide bonds. The number of pyridine rings is 1. The highest BCUT2D eigenvalue weighted by Gasteiger charge is 2.64. The Morgan fingerprint density at radius 3 is 2.32 bits per heavy atom. The first-order valence-electron chi connectivity index (χ1n) is 13.8. The first-order chi connectivity index (χ1) is 20.2. The minimum atomic E-state index is -2.69. The number of aromatic nitrogens is 1. The summed E-state index contributed by atoms with van der Waals surface area (Å²) >= 11 is 0. The Morgan fingerprint density at radius 2 is 1.75 bits per heavy atom. The van der Waals surface area contributed by atoms with E-state index in [0.717, 1.165) is 10.3 Å². The number of hydrogen-bond acceptors (Lipinski definition) is 11. The molecule has 0 radical (unpaired) electrons. The molecule has 3 aliphatic rings. The van der Waals surface area contributed by atoms with Crippen LogP contribution in [0, 0.1) is 11.8 Å². The fourth-order valence-electron chi connectivity index (χ4n) is 6.79. The highest BCUT2D eigenvalue weighted by molar-refractivity contribution is 6.24. The largest absolute Gasteiger partial charge is 0.508 e. The molecule has 236 valence electrons. The monoisotopic (exact) mass is 610 g/mol. The number of ketones is 2. The number of rotatable bonds is 7. The second-order valence-corrected chi connectivity index (χ2v) is 11.8. The predicted octanol–water partition coefficient (Wildman–Crippen LogP) is 0.481. The zero-order valence-electron chi connectivity index (χ0n) is 24.3. The molecule has 0 bridgehead atoms. The van der Waals surface area contributed by atoms with E-state index in [-0.39, 0.29) is 43.7 Å². The van der Waals surface area contributed by atoms with Crippen molar-refractivity contribution in [2.45, 2.75) is 45.0 Å². The second kappa shape index (κ2) is 11.6. The molecule has 13 nitrogen and oxygen atoms in total. The molecule has 44 heavy (non-hydrogen) atoms. The number of primary amides is 1. The molecular weight excluding hydrogens is 570 g/mol. The normalized spacial score (nSPS) is 24.5. The van der Waals surface area contributed by atoms with E-state index in [1.54, 1.807) is 32.3 Å². The number of nitrogens with two attached hydrogens (primary N) is 1. The zero-order chi connectivity index (χ0) is 31.5. The van der Waals surface area contributed by atoms with E-state index in [0.29, 0.717) is 23.4 Å². The number of phenols is 1. The van der Waals surface area contributed by atoms with E-state index >= 15 is 0 Å². The number of benzene rings is 1. The van der Waals surface area contributed by atoms with Crippen LogP contribution in [-0.4, -0.2) is 87.8 Å². The molecule has 8 N–H and O–H groups in total. The molecule has 1 saturated carbocycles. The van der Waals surface area contributed by atoms with Crippen molar-refractivity contribution in [3.8, 4) is 5.75 Å². The van der Waals surface area contributed by atoms with Crippen molar-refractivity contribution in [3.63, 3.8) is 0 Å². The van der Waals surface area contributed by atoms with Crippen LogP contribution in [-0.2, 0) is 33.9 Å². The van der Waals surface area contributed by atoms with Gasteiger partial charge in [-0.3, -0.25) is 24.5 Å². The number of carbonyl (C=O) groups excluding carboxylic acids is 3. The quantitative estimate of drug-likeness (QED) is 0.131. The number of aliphatic hydroxyl groups excluding tert-OH is 2. The van der Waals surface area contributed by atoms with Crippen molar-refractivity contribution in [3.05, 3.63) is 69.8 Å². The molecular formula is C31H40N5O8+. The number of hydrogen-bond donors (Lipinski definition) is 7. The predicted molar refractivity (Wildman–Crippen MR) is 160 cm³/mol. The highest BCUT2D eigenvalue weighted by atomic mass is 16.5. The van der Waals surface area contributed by atoms with E-state index < -0.39 is 58.0 Å². The third-order valence-corrected chi connectivity index (χ3v) is 8.79. The van der Waals surface area contributed by atoms with Crippen LogP contribution in [0.2, 0.25) is 0 Å². The van der Waals surface area contributed by atoms with Crippen LogP contribution < -0.4 is 20.7 Å². The van der Waals surface area contributed by atoms with Crippen LogP contribution in [0.25, 0.3) is 5.76 Å². The summed E-state index contributed by atoms with van der Waals surface area (Å²) in [4.78, 5) is 42.8. The van der Waals surface area contributed by atoms with Gasteiger partial charge in [-0.1, -0.05) is 7.43 Å². The third kappa shape index (κ3) is 4.86. The van der Waals surface area contributed by atoms with Crippen LogP contribution >= 0.6 is 0 Å². The maximum Gasteiger partial charge on any atom is 0.255 e. The molecule has 1 fully saturated rings. The van der Waals surface area contributed by atoms with Gasteiger partial charge in [-0.15, -0.1) is 0 Å². The number of likely N-dealkylation sites (N-methyl/N-ethyl adjacent to an activating group) is 1. The number of aliphatic hydroxyl groups is 3. The highest BCUT2D eigenvalue weighted by Crippen LogP contribution is 2.54. The standard InChI is InChI=1S/C30H35N5O8.CH4/c1-33(2)19-11-16(13-32-12-14-5-7-35(43)8-6-14)24(36)21-17(19)9-15-10-18-23(34(3)4)26(38)22(29(31)41)28(40)30(18,42)27(39)20(15)25(21)37;/h5-8,11,15,18,23,32,42H,9-10,12-13H2,1-4H3,(H5-,31,36,37,38,39,40,41,43);1H4/p+1/t15-,18-,23-,30-;/m0./s1. The first-order valence-corrected chi connectivity index (χ1v) is 13.8.